The van der Waals surface area contributed by atoms with Crippen LogP contribution in [0.1, 0.15) is 50.3 Å². The molecule has 1 amide bonds. The molecule has 0 saturated heterocycles. The Bertz CT molecular complexity index is 1120. The van der Waals surface area contributed by atoms with Gasteiger partial charge in [-0.25, -0.2) is 0 Å². The summed E-state index contributed by atoms with van der Waals surface area (Å²) in [6, 6.07) is 12.2. The molecule has 4 rings (SSSR count). The van der Waals surface area contributed by atoms with Crippen molar-refractivity contribution in [2.75, 3.05) is 19.7 Å². The molecular formula is C28H37N3O3. The van der Waals surface area contributed by atoms with Crippen molar-refractivity contribution in [2.24, 2.45) is 11.8 Å². The molecule has 0 aliphatic carbocycles. The fraction of sp³-hybridized carbons (Fsp3) is 0.464. The van der Waals surface area contributed by atoms with Crippen LogP contribution in [0.25, 0.3) is 10.9 Å². The van der Waals surface area contributed by atoms with Gasteiger partial charge < -0.3 is 25.0 Å². The maximum absolute atomic E-state index is 13.4. The Kier molecular flexibility index (Phi) is 7.78. The summed E-state index contributed by atoms with van der Waals surface area (Å²) in [7, 11) is 0. The average molecular weight is 464 g/mol. The molecule has 0 fully saturated rings. The summed E-state index contributed by atoms with van der Waals surface area (Å²) in [5.74, 6) is 1.12. The molecule has 2 heterocycles. The first-order valence-electron chi connectivity index (χ1n) is 12.4. The second-order valence-electron chi connectivity index (χ2n) is 9.91. The number of carbonyl (C=O) groups excluding carboxylic acids is 1. The Hall–Kier alpha value is -2.99. The number of benzene rings is 2. The van der Waals surface area contributed by atoms with E-state index >= 15 is 0 Å². The van der Waals surface area contributed by atoms with Crippen LogP contribution in [0, 0.1) is 11.8 Å². The van der Waals surface area contributed by atoms with E-state index in [2.05, 4.69) is 54.5 Å². The maximum atomic E-state index is 13.4. The number of amides is 1. The number of aromatic hydroxyl groups is 1. The maximum Gasteiger partial charge on any atom is 0.226 e. The van der Waals surface area contributed by atoms with Crippen molar-refractivity contribution in [2.45, 2.75) is 53.1 Å². The first-order valence-corrected chi connectivity index (χ1v) is 12.4. The van der Waals surface area contributed by atoms with E-state index in [9.17, 15) is 9.90 Å². The number of phenolic OH excluding ortho intramolecular Hbond substituents is 1. The van der Waals surface area contributed by atoms with Crippen LogP contribution in [0.15, 0.2) is 42.6 Å². The number of nitrogens with one attached hydrogen (secondary N) is 2. The van der Waals surface area contributed by atoms with Crippen molar-refractivity contribution >= 4 is 16.8 Å². The fourth-order valence-corrected chi connectivity index (χ4v) is 4.78. The van der Waals surface area contributed by atoms with Gasteiger partial charge in [0.1, 0.15) is 0 Å². The summed E-state index contributed by atoms with van der Waals surface area (Å²) < 4.78 is 5.75. The Labute approximate surface area is 202 Å². The first-order chi connectivity index (χ1) is 16.4. The average Bonchev–Trinajstić information content (AvgIpc) is 3.16. The molecule has 6 nitrogen and oxygen atoms in total. The third kappa shape index (κ3) is 5.73. The Balaban J connectivity index is 1.41. The van der Waals surface area contributed by atoms with Gasteiger partial charge in [0.2, 0.25) is 5.91 Å². The molecule has 34 heavy (non-hydrogen) atoms. The number of hydrogen-bond donors (Lipinski definition) is 3. The molecule has 2 aromatic carbocycles. The normalized spacial score (nSPS) is 14.5. The SMILES string of the molecule is CC(C)CN(Cc1cc(O)c2c(c1)CCCCO2)C(=O)C(C)CNCc1cccc2cc[nH]c12. The van der Waals surface area contributed by atoms with E-state index in [-0.39, 0.29) is 17.6 Å². The highest BCUT2D eigenvalue weighted by Crippen LogP contribution is 2.35. The number of H-pyrrole nitrogens is 1. The van der Waals surface area contributed by atoms with Gasteiger partial charge in [-0.15, -0.1) is 0 Å². The van der Waals surface area contributed by atoms with Crippen molar-refractivity contribution < 1.29 is 14.6 Å². The Morgan fingerprint density at radius 2 is 2.06 bits per heavy atom. The standard InChI is InChI=1S/C28H37N3O3/c1-19(2)17-31(18-21-13-23-7-4-5-12-34-27(23)25(32)14-21)28(33)20(3)15-29-16-24-9-6-8-22-10-11-30-26(22)24/h6,8-11,13-14,19-20,29-30,32H,4-5,7,12,15-18H2,1-3H3. The van der Waals surface area contributed by atoms with Gasteiger partial charge in [-0.1, -0.05) is 45.0 Å². The molecule has 1 unspecified atom stereocenters. The number of carbonyl (C=O) groups is 1. The summed E-state index contributed by atoms with van der Waals surface area (Å²) in [4.78, 5) is 18.7. The summed E-state index contributed by atoms with van der Waals surface area (Å²) in [6.07, 6.45) is 4.88. The highest BCUT2D eigenvalue weighted by atomic mass is 16.5. The van der Waals surface area contributed by atoms with Gasteiger partial charge in [0.05, 0.1) is 6.61 Å². The van der Waals surface area contributed by atoms with Crippen molar-refractivity contribution in [3.05, 3.63) is 59.3 Å². The summed E-state index contributed by atoms with van der Waals surface area (Å²) >= 11 is 0. The lowest BCUT2D eigenvalue weighted by atomic mass is 10.0. The van der Waals surface area contributed by atoms with Gasteiger partial charge in [-0.05, 0) is 59.4 Å². The van der Waals surface area contributed by atoms with Crippen LogP contribution in [0.5, 0.6) is 11.5 Å². The van der Waals surface area contributed by atoms with Gasteiger partial charge in [-0.2, -0.15) is 0 Å². The number of hydrogen-bond acceptors (Lipinski definition) is 4. The van der Waals surface area contributed by atoms with Crippen LogP contribution in [-0.2, 0) is 24.3 Å². The number of phenols is 1. The molecule has 0 radical (unpaired) electrons. The minimum absolute atomic E-state index is 0.130. The number of para-hydroxylation sites is 1. The lowest BCUT2D eigenvalue weighted by Crippen LogP contribution is -2.40. The first kappa shape index (κ1) is 24.1. The number of ether oxygens (including phenoxy) is 1. The molecule has 182 valence electrons. The van der Waals surface area contributed by atoms with Crippen LogP contribution in [-0.4, -0.2) is 40.6 Å². The number of aryl methyl sites for hydroxylation is 1. The van der Waals surface area contributed by atoms with Crippen LogP contribution in [0.3, 0.4) is 0 Å². The zero-order chi connectivity index (χ0) is 24.1. The largest absolute Gasteiger partial charge is 0.504 e. The minimum atomic E-state index is -0.153. The van der Waals surface area contributed by atoms with Crippen molar-refractivity contribution in [3.63, 3.8) is 0 Å². The molecular weight excluding hydrogens is 426 g/mol. The van der Waals surface area contributed by atoms with Crippen LogP contribution in [0.2, 0.25) is 0 Å². The molecule has 1 atom stereocenters. The molecule has 0 bridgehead atoms. The lowest BCUT2D eigenvalue weighted by Gasteiger charge is -2.28. The monoisotopic (exact) mass is 463 g/mol. The van der Waals surface area contributed by atoms with Crippen LogP contribution in [0.4, 0.5) is 0 Å². The third-order valence-electron chi connectivity index (χ3n) is 6.42. The molecule has 0 spiro atoms. The molecule has 1 aromatic heterocycles. The van der Waals surface area contributed by atoms with Crippen molar-refractivity contribution in [1.29, 1.82) is 0 Å². The number of nitrogens with zero attached hydrogens (tertiary/aromatic N) is 1. The molecule has 3 aromatic rings. The number of aromatic nitrogens is 1. The van der Waals surface area contributed by atoms with E-state index in [1.54, 1.807) is 6.07 Å². The predicted octanol–water partition coefficient (Wildman–Crippen LogP) is 5.00. The van der Waals surface area contributed by atoms with Gasteiger partial charge in [0.25, 0.3) is 0 Å². The summed E-state index contributed by atoms with van der Waals surface area (Å²) in [5, 5.41) is 15.2. The number of fused-ring (bicyclic) bond motifs is 2. The lowest BCUT2D eigenvalue weighted by molar-refractivity contribution is -0.136. The second-order valence-corrected chi connectivity index (χ2v) is 9.91. The van der Waals surface area contributed by atoms with E-state index in [0.717, 1.165) is 35.9 Å². The highest BCUT2D eigenvalue weighted by molar-refractivity contribution is 5.82. The Morgan fingerprint density at radius 3 is 2.88 bits per heavy atom. The zero-order valence-corrected chi connectivity index (χ0v) is 20.6. The fourth-order valence-electron chi connectivity index (χ4n) is 4.78. The third-order valence-corrected chi connectivity index (χ3v) is 6.42. The summed E-state index contributed by atoms with van der Waals surface area (Å²) in [6.45, 7) is 9.36. The zero-order valence-electron chi connectivity index (χ0n) is 20.6. The molecule has 6 heteroatoms. The van der Waals surface area contributed by atoms with E-state index in [4.69, 9.17) is 4.74 Å². The Morgan fingerprint density at radius 1 is 1.21 bits per heavy atom. The van der Waals surface area contributed by atoms with Gasteiger partial charge in [-0.3, -0.25) is 4.79 Å². The second kappa shape index (κ2) is 11.0. The number of aromatic amines is 1. The minimum Gasteiger partial charge on any atom is -0.504 e. The van der Waals surface area contributed by atoms with Gasteiger partial charge in [0, 0.05) is 43.8 Å². The van der Waals surface area contributed by atoms with E-state index in [1.807, 2.05) is 18.0 Å². The van der Waals surface area contributed by atoms with E-state index in [1.165, 1.54) is 10.9 Å². The molecule has 1 aliphatic heterocycles. The van der Waals surface area contributed by atoms with Gasteiger partial charge in [0.15, 0.2) is 11.5 Å². The molecule has 0 saturated carbocycles. The summed E-state index contributed by atoms with van der Waals surface area (Å²) in [5.41, 5.74) is 4.33. The van der Waals surface area contributed by atoms with Gasteiger partial charge >= 0.3 is 0 Å². The quantitative estimate of drug-likeness (QED) is 0.417. The van der Waals surface area contributed by atoms with Crippen LogP contribution >= 0.6 is 0 Å². The van der Waals surface area contributed by atoms with E-state index < -0.39 is 0 Å². The van der Waals surface area contributed by atoms with E-state index in [0.29, 0.717) is 44.5 Å². The topological polar surface area (TPSA) is 77.6 Å². The number of rotatable bonds is 9. The molecule has 1 aliphatic rings. The highest BCUT2D eigenvalue weighted by Gasteiger charge is 2.23. The van der Waals surface area contributed by atoms with Crippen molar-refractivity contribution in [3.8, 4) is 11.5 Å². The molecule has 3 N–H and O–H groups in total. The smallest absolute Gasteiger partial charge is 0.226 e. The predicted molar refractivity (Wildman–Crippen MR) is 136 cm³/mol. The van der Waals surface area contributed by atoms with Crippen molar-refractivity contribution in [1.82, 2.24) is 15.2 Å². The van der Waals surface area contributed by atoms with Crippen LogP contribution < -0.4 is 10.1 Å².